The minimum atomic E-state index is -3.85. The van der Waals surface area contributed by atoms with E-state index in [4.69, 9.17) is 19.3 Å². The van der Waals surface area contributed by atoms with Gasteiger partial charge in [-0.15, -0.1) is 0 Å². The van der Waals surface area contributed by atoms with E-state index in [0.717, 1.165) is 12.3 Å². The van der Waals surface area contributed by atoms with Gasteiger partial charge in [-0.3, -0.25) is 14.7 Å². The Morgan fingerprint density at radius 1 is 1.33 bits per heavy atom. The lowest BCUT2D eigenvalue weighted by Gasteiger charge is -2.21. The maximum atomic E-state index is 14.1. The third-order valence-electron chi connectivity index (χ3n) is 4.03. The van der Waals surface area contributed by atoms with Gasteiger partial charge in [0.15, 0.2) is 6.10 Å². The summed E-state index contributed by atoms with van der Waals surface area (Å²) in [5.74, 6) is -4.61. The molecule has 1 aliphatic heterocycles. The number of aliphatic hydroxyl groups is 2. The van der Waals surface area contributed by atoms with Crippen molar-refractivity contribution in [1.82, 2.24) is 9.55 Å². The maximum absolute atomic E-state index is 14.1. The van der Waals surface area contributed by atoms with Crippen molar-refractivity contribution in [3.63, 3.8) is 0 Å². The molecule has 1 amide bonds. The second-order valence-corrected chi connectivity index (χ2v) is 7.48. The Balaban J connectivity index is 1.94. The van der Waals surface area contributed by atoms with E-state index >= 15 is 0 Å². The van der Waals surface area contributed by atoms with E-state index in [1.54, 1.807) is 20.8 Å². The lowest BCUT2D eigenvalue weighted by Crippen LogP contribution is -2.41. The lowest BCUT2D eigenvalue weighted by atomic mass is 9.97. The molecule has 0 bridgehead atoms. The molecule has 168 valence electrons. The zero-order chi connectivity index (χ0) is 22.7. The Bertz CT molecular complexity index is 839. The molecule has 0 radical (unpaired) electrons. The molecule has 30 heavy (non-hydrogen) atoms. The fourth-order valence-electron chi connectivity index (χ4n) is 2.41. The molecule has 0 spiro atoms. The van der Waals surface area contributed by atoms with Crippen molar-refractivity contribution >= 4 is 17.9 Å². The van der Waals surface area contributed by atoms with E-state index in [1.165, 1.54) is 0 Å². The van der Waals surface area contributed by atoms with E-state index in [2.05, 4.69) is 10.3 Å². The molecule has 3 N–H and O–H groups in total. The van der Waals surface area contributed by atoms with Crippen LogP contribution in [0, 0.1) is 5.41 Å². The van der Waals surface area contributed by atoms with Gasteiger partial charge >= 0.3 is 23.7 Å². The van der Waals surface area contributed by atoms with Crippen molar-refractivity contribution in [2.45, 2.75) is 45.1 Å². The average Bonchev–Trinajstić information content (AvgIpc) is 2.87. The highest BCUT2D eigenvalue weighted by Crippen LogP contribution is 2.41. The van der Waals surface area contributed by atoms with Crippen LogP contribution in [0.25, 0.3) is 0 Å². The Morgan fingerprint density at radius 2 is 1.97 bits per heavy atom. The molecule has 3 atom stereocenters. The van der Waals surface area contributed by atoms with Crippen molar-refractivity contribution in [3.8, 4) is 0 Å². The fourth-order valence-corrected chi connectivity index (χ4v) is 2.41. The van der Waals surface area contributed by atoms with Crippen molar-refractivity contribution < 1.29 is 42.8 Å². The molecular weight excluding hydrogens is 412 g/mol. The first-order valence-corrected chi connectivity index (χ1v) is 8.90. The van der Waals surface area contributed by atoms with Crippen LogP contribution in [0.3, 0.4) is 0 Å². The Labute approximate surface area is 169 Å². The van der Waals surface area contributed by atoms with Crippen LogP contribution in [0.2, 0.25) is 0 Å². The Hall–Kier alpha value is -2.64. The van der Waals surface area contributed by atoms with Gasteiger partial charge < -0.3 is 24.4 Å². The van der Waals surface area contributed by atoms with Gasteiger partial charge in [0.2, 0.25) is 6.23 Å². The molecular formula is C17H23F2N3O8. The number of esters is 1. The lowest BCUT2D eigenvalue weighted by molar-refractivity contribution is -0.153. The zero-order valence-electron chi connectivity index (χ0n) is 16.5. The predicted molar refractivity (Wildman–Crippen MR) is 95.8 cm³/mol. The zero-order valence-corrected chi connectivity index (χ0v) is 16.5. The third-order valence-corrected chi connectivity index (χ3v) is 4.03. The van der Waals surface area contributed by atoms with Crippen molar-refractivity contribution in [2.24, 2.45) is 5.41 Å². The van der Waals surface area contributed by atoms with Crippen LogP contribution in [0.5, 0.6) is 0 Å². The highest BCUT2D eigenvalue weighted by atomic mass is 19.3. The molecule has 1 fully saturated rings. The minimum Gasteiger partial charge on any atom is -0.462 e. The molecule has 0 aliphatic carbocycles. The van der Waals surface area contributed by atoms with Crippen molar-refractivity contribution in [1.29, 1.82) is 0 Å². The van der Waals surface area contributed by atoms with Gasteiger partial charge in [-0.05, 0) is 26.8 Å². The van der Waals surface area contributed by atoms with Gasteiger partial charge in [-0.1, -0.05) is 0 Å². The molecule has 2 rings (SSSR count). The first-order chi connectivity index (χ1) is 13.9. The summed E-state index contributed by atoms with van der Waals surface area (Å²) in [7, 11) is 0. The largest absolute Gasteiger partial charge is 0.462 e. The molecule has 1 aromatic rings. The normalized spacial score (nSPS) is 23.1. The molecule has 0 aromatic carbocycles. The van der Waals surface area contributed by atoms with Gasteiger partial charge in [-0.2, -0.15) is 13.8 Å². The standard InChI is InChI=1S/C17H23F2N3O8/c1-16(2,3)13(25)28-6-7-29-15(27)21-10-4-5-22(14(26)20-10)12-17(18,19)11(24)9(8-23)30-12/h4-5,9,11-12,23-24H,6-8H2,1-3H3,(H,20,21,26,27)/t9-,11-,12-/m1/s1. The quantitative estimate of drug-likeness (QED) is 0.423. The molecule has 1 saturated heterocycles. The van der Waals surface area contributed by atoms with Gasteiger partial charge in [0, 0.05) is 6.20 Å². The highest BCUT2D eigenvalue weighted by Gasteiger charge is 2.59. The van der Waals surface area contributed by atoms with Crippen molar-refractivity contribution in [3.05, 3.63) is 22.7 Å². The summed E-state index contributed by atoms with van der Waals surface area (Å²) in [6.45, 7) is 3.68. The van der Waals surface area contributed by atoms with Crippen LogP contribution in [-0.2, 0) is 19.0 Å². The summed E-state index contributed by atoms with van der Waals surface area (Å²) >= 11 is 0. The smallest absolute Gasteiger partial charge is 0.412 e. The maximum Gasteiger partial charge on any atom is 0.412 e. The van der Waals surface area contributed by atoms with Gasteiger partial charge in [0.05, 0.1) is 12.0 Å². The number of amides is 1. The number of ether oxygens (including phenoxy) is 3. The van der Waals surface area contributed by atoms with E-state index in [0.29, 0.717) is 4.57 Å². The number of carbonyl (C=O) groups is 2. The minimum absolute atomic E-state index is 0.180. The number of carbonyl (C=O) groups excluding carboxylic acids is 2. The number of anilines is 1. The Kier molecular flexibility index (Phi) is 7.10. The van der Waals surface area contributed by atoms with E-state index < -0.39 is 54.1 Å². The fraction of sp³-hybridized carbons (Fsp3) is 0.647. The number of nitrogens with one attached hydrogen (secondary N) is 1. The number of hydrogen-bond acceptors (Lipinski definition) is 9. The summed E-state index contributed by atoms with van der Waals surface area (Å²) in [4.78, 5) is 38.8. The summed E-state index contributed by atoms with van der Waals surface area (Å²) < 4.78 is 43.2. The summed E-state index contributed by atoms with van der Waals surface area (Å²) in [6, 6.07) is 1.04. The van der Waals surface area contributed by atoms with E-state index in [9.17, 15) is 28.3 Å². The number of aliphatic hydroxyl groups excluding tert-OH is 2. The second kappa shape index (κ2) is 9.02. The average molecular weight is 435 g/mol. The molecule has 11 nitrogen and oxygen atoms in total. The number of rotatable bonds is 6. The van der Waals surface area contributed by atoms with Gasteiger partial charge in [0.1, 0.15) is 25.1 Å². The summed E-state index contributed by atoms with van der Waals surface area (Å²) in [5, 5.41) is 20.6. The van der Waals surface area contributed by atoms with Gasteiger partial charge in [0.25, 0.3) is 0 Å². The van der Waals surface area contributed by atoms with Crippen LogP contribution in [-0.4, -0.2) is 69.8 Å². The first kappa shape index (κ1) is 23.6. The predicted octanol–water partition coefficient (Wildman–Crippen LogP) is 0.267. The second-order valence-electron chi connectivity index (χ2n) is 7.48. The third kappa shape index (κ3) is 5.29. The van der Waals surface area contributed by atoms with Crippen LogP contribution in [0.4, 0.5) is 19.4 Å². The highest BCUT2D eigenvalue weighted by molar-refractivity contribution is 5.83. The number of hydrogen-bond donors (Lipinski definition) is 3. The molecule has 2 heterocycles. The van der Waals surface area contributed by atoms with Crippen LogP contribution in [0.15, 0.2) is 17.1 Å². The number of nitrogens with zero attached hydrogens (tertiary/aromatic N) is 2. The SMILES string of the molecule is CC(C)(C)C(=O)OCCOC(=O)Nc1ccn([C@@H]2O[C@H](CO)[C@@H](O)C2(F)F)c(=O)n1. The Morgan fingerprint density at radius 3 is 2.50 bits per heavy atom. The molecule has 1 aromatic heterocycles. The molecule has 0 unspecified atom stereocenters. The number of alkyl halides is 2. The van der Waals surface area contributed by atoms with Crippen LogP contribution >= 0.6 is 0 Å². The number of halogens is 2. The van der Waals surface area contributed by atoms with Crippen molar-refractivity contribution in [2.75, 3.05) is 25.1 Å². The summed E-state index contributed by atoms with van der Waals surface area (Å²) in [5.41, 5.74) is -1.90. The monoisotopic (exact) mass is 435 g/mol. The van der Waals surface area contributed by atoms with E-state index in [-0.39, 0.29) is 19.0 Å². The topological polar surface area (TPSA) is 149 Å². The first-order valence-electron chi connectivity index (χ1n) is 8.90. The van der Waals surface area contributed by atoms with Crippen LogP contribution in [0.1, 0.15) is 27.0 Å². The van der Waals surface area contributed by atoms with Crippen LogP contribution < -0.4 is 11.0 Å². The van der Waals surface area contributed by atoms with E-state index in [1.807, 2.05) is 0 Å². The molecule has 13 heteroatoms. The summed E-state index contributed by atoms with van der Waals surface area (Å²) in [6.07, 6.45) is -6.18. The number of aromatic nitrogens is 2. The van der Waals surface area contributed by atoms with Gasteiger partial charge in [-0.25, -0.2) is 9.59 Å². The molecule has 1 aliphatic rings. The molecule has 0 saturated carbocycles.